The maximum Gasteiger partial charge on any atom is 0.270 e. The van der Waals surface area contributed by atoms with Gasteiger partial charge in [-0.05, 0) is 57.4 Å². The molecule has 0 spiro atoms. The quantitative estimate of drug-likeness (QED) is 0.233. The monoisotopic (exact) mass is 506 g/mol. The molecule has 0 unspecified atom stereocenters. The van der Waals surface area contributed by atoms with E-state index in [-0.39, 0.29) is 24.0 Å². The van der Waals surface area contributed by atoms with Gasteiger partial charge in [0.25, 0.3) is 11.6 Å². The Kier molecular flexibility index (Phi) is 7.85. The summed E-state index contributed by atoms with van der Waals surface area (Å²) in [4.78, 5) is 33.2. The molecule has 11 heteroatoms. The van der Waals surface area contributed by atoms with Crippen LogP contribution in [0.4, 0.5) is 10.8 Å². The van der Waals surface area contributed by atoms with E-state index in [0.717, 1.165) is 33.6 Å². The number of thiazole rings is 1. The number of hydrogen-bond acceptors (Lipinski definition) is 8. The molecule has 4 aromatic rings. The Morgan fingerprint density at radius 3 is 2.58 bits per heavy atom. The lowest BCUT2D eigenvalue weighted by Gasteiger charge is -2.20. The smallest absolute Gasteiger partial charge is 0.270 e. The largest absolute Gasteiger partial charge is 0.497 e. The second-order valence-corrected chi connectivity index (χ2v) is 9.63. The first-order valence-corrected chi connectivity index (χ1v) is 11.6. The first kappa shape index (κ1) is 24.8. The molecule has 8 nitrogen and oxygen atoms in total. The van der Waals surface area contributed by atoms with Crippen LogP contribution in [-0.2, 0) is 0 Å². The van der Waals surface area contributed by atoms with E-state index < -0.39 is 4.92 Å². The standard InChI is InChI=1S/C22H22N4O4S2.ClH/c1-24(2)9-4-10-25(22-23-17-7-6-16(30-3)13-19(17)32-22)21(27)20-12-14-11-15(26(28)29)5-8-18(14)31-20;/h5-8,11-13H,4,9-10H2,1-3H3;1H. The molecule has 0 saturated carbocycles. The predicted octanol–water partition coefficient (Wildman–Crippen LogP) is 5.45. The van der Waals surface area contributed by atoms with Crippen LogP contribution in [-0.4, -0.2) is 55.0 Å². The summed E-state index contributed by atoms with van der Waals surface area (Å²) in [5, 5.41) is 12.4. The zero-order valence-corrected chi connectivity index (χ0v) is 20.8. The number of halogens is 1. The lowest BCUT2D eigenvalue weighted by atomic mass is 10.2. The van der Waals surface area contributed by atoms with E-state index in [4.69, 9.17) is 9.72 Å². The van der Waals surface area contributed by atoms with Crippen LogP contribution in [0.25, 0.3) is 20.3 Å². The van der Waals surface area contributed by atoms with Gasteiger partial charge >= 0.3 is 0 Å². The minimum absolute atomic E-state index is 0. The average molecular weight is 507 g/mol. The topological polar surface area (TPSA) is 88.8 Å². The summed E-state index contributed by atoms with van der Waals surface area (Å²) in [6.45, 7) is 1.35. The van der Waals surface area contributed by atoms with Crippen LogP contribution in [0.2, 0.25) is 0 Å². The van der Waals surface area contributed by atoms with Crippen molar-refractivity contribution in [2.24, 2.45) is 0 Å². The van der Waals surface area contributed by atoms with Crippen LogP contribution in [0.5, 0.6) is 5.75 Å². The van der Waals surface area contributed by atoms with Crippen molar-refractivity contribution in [2.75, 3.05) is 39.2 Å². The fourth-order valence-electron chi connectivity index (χ4n) is 3.35. The van der Waals surface area contributed by atoms with Gasteiger partial charge in [0.05, 0.1) is 27.1 Å². The van der Waals surface area contributed by atoms with Crippen molar-refractivity contribution in [1.29, 1.82) is 0 Å². The fraction of sp³-hybridized carbons (Fsp3) is 0.273. The second-order valence-electron chi connectivity index (χ2n) is 7.53. The van der Waals surface area contributed by atoms with Gasteiger partial charge in [0.2, 0.25) is 0 Å². The second kappa shape index (κ2) is 10.4. The van der Waals surface area contributed by atoms with Gasteiger partial charge in [0, 0.05) is 28.8 Å². The van der Waals surface area contributed by atoms with Crippen molar-refractivity contribution >= 4 is 72.1 Å². The third-order valence-corrected chi connectivity index (χ3v) is 7.11. The number of hydrogen-bond donors (Lipinski definition) is 0. The third-order valence-electron chi connectivity index (χ3n) is 4.97. The van der Waals surface area contributed by atoms with E-state index in [2.05, 4.69) is 4.90 Å². The number of ether oxygens (including phenoxy) is 1. The number of nitro benzene ring substituents is 1. The highest BCUT2D eigenvalue weighted by Crippen LogP contribution is 2.34. The van der Waals surface area contributed by atoms with E-state index in [1.807, 2.05) is 32.3 Å². The molecule has 0 aliphatic heterocycles. The highest BCUT2D eigenvalue weighted by Gasteiger charge is 2.23. The maximum absolute atomic E-state index is 13.5. The highest BCUT2D eigenvalue weighted by atomic mass is 35.5. The molecule has 2 heterocycles. The Labute approximate surface area is 205 Å². The number of anilines is 1. The highest BCUT2D eigenvalue weighted by molar-refractivity contribution is 7.23. The number of fused-ring (bicyclic) bond motifs is 2. The van der Waals surface area contributed by atoms with Gasteiger partial charge in [-0.2, -0.15) is 0 Å². The molecule has 0 N–H and O–H groups in total. The summed E-state index contributed by atoms with van der Waals surface area (Å²) in [5.41, 5.74) is 0.820. The van der Waals surface area contributed by atoms with Crippen molar-refractivity contribution in [2.45, 2.75) is 6.42 Å². The van der Waals surface area contributed by atoms with Crippen molar-refractivity contribution in [3.63, 3.8) is 0 Å². The molecule has 0 radical (unpaired) electrons. The molecule has 0 bridgehead atoms. The predicted molar refractivity (Wildman–Crippen MR) is 137 cm³/mol. The van der Waals surface area contributed by atoms with Gasteiger partial charge in [-0.25, -0.2) is 4.98 Å². The van der Waals surface area contributed by atoms with Gasteiger partial charge in [0.1, 0.15) is 5.75 Å². The Morgan fingerprint density at radius 2 is 1.88 bits per heavy atom. The Bertz CT molecular complexity index is 1300. The molecule has 2 aromatic heterocycles. The number of benzene rings is 2. The number of non-ortho nitro benzene ring substituents is 1. The van der Waals surface area contributed by atoms with E-state index >= 15 is 0 Å². The number of nitrogens with zero attached hydrogens (tertiary/aromatic N) is 4. The number of aromatic nitrogens is 1. The first-order chi connectivity index (χ1) is 15.4. The fourth-order valence-corrected chi connectivity index (χ4v) is 5.36. The molecule has 0 saturated heterocycles. The number of carbonyl (C=O) groups is 1. The van der Waals surface area contributed by atoms with Crippen molar-refractivity contribution < 1.29 is 14.5 Å². The summed E-state index contributed by atoms with van der Waals surface area (Å²) in [6.07, 6.45) is 0.786. The van der Waals surface area contributed by atoms with Crippen molar-refractivity contribution in [3.05, 3.63) is 57.5 Å². The third kappa shape index (κ3) is 5.41. The minimum atomic E-state index is -0.429. The number of carbonyl (C=O) groups excluding carboxylic acids is 1. The summed E-state index contributed by atoms with van der Waals surface area (Å²) < 4.78 is 7.08. The molecule has 33 heavy (non-hydrogen) atoms. The Morgan fingerprint density at radius 1 is 1.09 bits per heavy atom. The zero-order chi connectivity index (χ0) is 22.8. The zero-order valence-electron chi connectivity index (χ0n) is 18.3. The molecule has 0 aliphatic carbocycles. The molecule has 1 amide bonds. The number of nitro groups is 1. The van der Waals surface area contributed by atoms with Gasteiger partial charge in [0.15, 0.2) is 5.13 Å². The van der Waals surface area contributed by atoms with Crippen LogP contribution in [0.1, 0.15) is 16.1 Å². The van der Waals surface area contributed by atoms with Crippen LogP contribution < -0.4 is 9.64 Å². The number of amides is 1. The molecular formula is C22H23ClN4O4S2. The molecule has 174 valence electrons. The molecular weight excluding hydrogens is 484 g/mol. The van der Waals surface area contributed by atoms with E-state index in [1.165, 1.54) is 34.8 Å². The summed E-state index contributed by atoms with van der Waals surface area (Å²) in [5.74, 6) is 0.586. The van der Waals surface area contributed by atoms with Gasteiger partial charge in [-0.15, -0.1) is 23.7 Å². The number of thiophene rings is 1. The van der Waals surface area contributed by atoms with Crippen LogP contribution >= 0.6 is 35.1 Å². The van der Waals surface area contributed by atoms with Crippen LogP contribution in [0, 0.1) is 10.1 Å². The summed E-state index contributed by atoms with van der Waals surface area (Å²) in [6, 6.07) is 12.0. The average Bonchev–Trinajstić information content (AvgIpc) is 3.38. The molecule has 2 aromatic carbocycles. The summed E-state index contributed by atoms with van der Waals surface area (Å²) in [7, 11) is 5.61. The Balaban J connectivity index is 0.00000306. The Hall–Kier alpha value is -2.79. The van der Waals surface area contributed by atoms with Crippen molar-refractivity contribution in [3.8, 4) is 5.75 Å². The van der Waals surface area contributed by atoms with E-state index in [0.29, 0.717) is 21.9 Å². The first-order valence-electron chi connectivity index (χ1n) is 9.95. The molecule has 0 atom stereocenters. The van der Waals surface area contributed by atoms with Crippen LogP contribution in [0.15, 0.2) is 42.5 Å². The van der Waals surface area contributed by atoms with Gasteiger partial charge < -0.3 is 9.64 Å². The lowest BCUT2D eigenvalue weighted by Crippen LogP contribution is -2.32. The normalized spacial score (nSPS) is 11.0. The number of methoxy groups -OCH3 is 1. The van der Waals surface area contributed by atoms with E-state index in [9.17, 15) is 14.9 Å². The maximum atomic E-state index is 13.5. The SMILES string of the molecule is COc1ccc2nc(N(CCCN(C)C)C(=O)c3cc4cc([N+](=O)[O-])ccc4s3)sc2c1.Cl. The van der Waals surface area contributed by atoms with Gasteiger partial charge in [-0.1, -0.05) is 11.3 Å². The molecule has 0 fully saturated rings. The van der Waals surface area contributed by atoms with Gasteiger partial charge in [-0.3, -0.25) is 19.8 Å². The van der Waals surface area contributed by atoms with Crippen LogP contribution in [0.3, 0.4) is 0 Å². The van der Waals surface area contributed by atoms with Crippen molar-refractivity contribution in [1.82, 2.24) is 9.88 Å². The lowest BCUT2D eigenvalue weighted by molar-refractivity contribution is -0.384. The molecule has 0 aliphatic rings. The summed E-state index contributed by atoms with van der Waals surface area (Å²) >= 11 is 2.78. The number of rotatable bonds is 8. The van der Waals surface area contributed by atoms with E-state index in [1.54, 1.807) is 24.1 Å². The molecule has 4 rings (SSSR count). The minimum Gasteiger partial charge on any atom is -0.497 e.